The van der Waals surface area contributed by atoms with Gasteiger partial charge in [0.1, 0.15) is 6.04 Å². The van der Waals surface area contributed by atoms with Crippen LogP contribution in [0.1, 0.15) is 39.0 Å². The minimum Gasteiger partial charge on any atom is -0.480 e. The Labute approximate surface area is 166 Å². The summed E-state index contributed by atoms with van der Waals surface area (Å²) in [7, 11) is 1.61. The largest absolute Gasteiger partial charge is 0.480 e. The van der Waals surface area contributed by atoms with Gasteiger partial charge in [-0.05, 0) is 32.2 Å². The van der Waals surface area contributed by atoms with Gasteiger partial charge < -0.3 is 25.0 Å². The summed E-state index contributed by atoms with van der Waals surface area (Å²) < 4.78 is 5.43. The molecule has 0 spiro atoms. The van der Waals surface area contributed by atoms with Gasteiger partial charge in [-0.2, -0.15) is 0 Å². The molecule has 2 atom stereocenters. The number of nitrogens with zero attached hydrogens (tertiary/aromatic N) is 3. The molecule has 1 aliphatic carbocycles. The van der Waals surface area contributed by atoms with Gasteiger partial charge >= 0.3 is 12.0 Å². The molecule has 3 rings (SSSR count). The number of carboxylic acid groups (broad SMARTS) is 1. The summed E-state index contributed by atoms with van der Waals surface area (Å²) in [6, 6.07) is -0.483. The zero-order chi connectivity index (χ0) is 20.3. The highest BCUT2D eigenvalue weighted by molar-refractivity contribution is 5.88. The van der Waals surface area contributed by atoms with Crippen molar-refractivity contribution in [3.63, 3.8) is 0 Å². The predicted octanol–water partition coefficient (Wildman–Crippen LogP) is 0.345. The normalized spacial score (nSPS) is 29.8. The van der Waals surface area contributed by atoms with E-state index in [1.165, 1.54) is 0 Å². The molecule has 2 aliphatic heterocycles. The Balaban J connectivity index is 1.54. The van der Waals surface area contributed by atoms with E-state index in [9.17, 15) is 14.4 Å². The van der Waals surface area contributed by atoms with Gasteiger partial charge in [-0.25, -0.2) is 4.79 Å². The number of carbonyl (C=O) groups is 3. The zero-order valence-electron chi connectivity index (χ0n) is 16.8. The lowest BCUT2D eigenvalue weighted by Crippen LogP contribution is -2.58. The Morgan fingerprint density at radius 1 is 1.18 bits per heavy atom. The molecule has 0 unspecified atom stereocenters. The minimum absolute atomic E-state index is 0.0180. The van der Waals surface area contributed by atoms with Crippen LogP contribution in [0.5, 0.6) is 0 Å². The molecule has 158 valence electrons. The number of likely N-dealkylation sites (N-methyl/N-ethyl adjacent to an activating group) is 1. The summed E-state index contributed by atoms with van der Waals surface area (Å²) in [6.45, 7) is 4.59. The van der Waals surface area contributed by atoms with Crippen LogP contribution in [0.25, 0.3) is 0 Å². The Morgan fingerprint density at radius 3 is 2.43 bits per heavy atom. The molecule has 3 amide bonds. The van der Waals surface area contributed by atoms with Crippen LogP contribution in [0.3, 0.4) is 0 Å². The molecule has 2 heterocycles. The Morgan fingerprint density at radius 2 is 1.86 bits per heavy atom. The maximum Gasteiger partial charge on any atom is 0.318 e. The molecule has 3 fully saturated rings. The number of urea groups is 1. The van der Waals surface area contributed by atoms with Gasteiger partial charge in [0.05, 0.1) is 12.6 Å². The lowest BCUT2D eigenvalue weighted by molar-refractivity contribution is -0.139. The second-order valence-electron chi connectivity index (χ2n) is 8.02. The number of rotatable bonds is 7. The molecule has 0 radical (unpaired) electrons. The fourth-order valence-corrected chi connectivity index (χ4v) is 4.51. The number of hydrogen-bond acceptors (Lipinski definition) is 5. The summed E-state index contributed by atoms with van der Waals surface area (Å²) >= 11 is 0. The Bertz CT molecular complexity index is 589. The summed E-state index contributed by atoms with van der Waals surface area (Å²) in [5, 5.41) is 12.0. The molecular formula is C19H32N4O5. The van der Waals surface area contributed by atoms with E-state index in [1.807, 2.05) is 16.7 Å². The summed E-state index contributed by atoms with van der Waals surface area (Å²) in [4.78, 5) is 42.1. The van der Waals surface area contributed by atoms with Crippen molar-refractivity contribution in [2.45, 2.75) is 63.3 Å². The van der Waals surface area contributed by atoms with E-state index in [0.717, 1.165) is 38.8 Å². The van der Waals surface area contributed by atoms with E-state index in [2.05, 4.69) is 5.32 Å². The molecule has 0 aromatic heterocycles. The molecule has 9 heteroatoms. The fraction of sp³-hybridized carbons (Fsp3) is 0.842. The van der Waals surface area contributed by atoms with E-state index in [0.29, 0.717) is 19.5 Å². The first-order valence-corrected chi connectivity index (χ1v) is 10.3. The summed E-state index contributed by atoms with van der Waals surface area (Å²) in [6.07, 6.45) is 3.92. The minimum atomic E-state index is -0.833. The lowest BCUT2D eigenvalue weighted by atomic mass is 9.85. The fourth-order valence-electron chi connectivity index (χ4n) is 4.51. The monoisotopic (exact) mass is 396 g/mol. The van der Waals surface area contributed by atoms with Gasteiger partial charge in [0, 0.05) is 45.2 Å². The number of likely N-dealkylation sites (tertiary alicyclic amines) is 2. The highest BCUT2D eigenvalue weighted by Gasteiger charge is 2.43. The number of ether oxygens (including phenoxy) is 1. The second kappa shape index (κ2) is 9.09. The molecule has 0 aromatic carbocycles. The SMILES string of the molecule is CCN(CC(=O)O)C1CC(NC(=O)N2C[C@@H](OC)C[C@H]2C(=O)N2CCCC2)C1. The number of hydrogen-bond donors (Lipinski definition) is 2. The smallest absolute Gasteiger partial charge is 0.318 e. The number of aliphatic carboxylic acids is 1. The highest BCUT2D eigenvalue weighted by Crippen LogP contribution is 2.28. The number of nitrogens with one attached hydrogen (secondary N) is 1. The topological polar surface area (TPSA) is 102 Å². The molecule has 1 saturated carbocycles. The number of amides is 3. The van der Waals surface area contributed by atoms with E-state index in [4.69, 9.17) is 9.84 Å². The third-order valence-electron chi connectivity index (χ3n) is 6.26. The van der Waals surface area contributed by atoms with Crippen molar-refractivity contribution < 1.29 is 24.2 Å². The first-order chi connectivity index (χ1) is 13.4. The third-order valence-corrected chi connectivity index (χ3v) is 6.26. The molecule has 9 nitrogen and oxygen atoms in total. The lowest BCUT2D eigenvalue weighted by Gasteiger charge is -2.43. The van der Waals surface area contributed by atoms with Gasteiger partial charge in [0.15, 0.2) is 0 Å². The molecular weight excluding hydrogens is 364 g/mol. The molecule has 3 aliphatic rings. The van der Waals surface area contributed by atoms with E-state index < -0.39 is 12.0 Å². The third kappa shape index (κ3) is 4.57. The average molecular weight is 396 g/mol. The molecule has 2 saturated heterocycles. The standard InChI is InChI=1S/C19H32N4O5/c1-3-21(12-17(24)25)14-8-13(9-14)20-19(27)23-11-15(28-2)10-16(23)18(26)22-6-4-5-7-22/h13-16H,3-12H2,1-2H3,(H,20,27)(H,24,25)/t13?,14?,15-,16-/m0/s1. The maximum atomic E-state index is 12.9. The van der Waals surface area contributed by atoms with Gasteiger partial charge in [-0.15, -0.1) is 0 Å². The van der Waals surface area contributed by atoms with Crippen LogP contribution in [0.2, 0.25) is 0 Å². The van der Waals surface area contributed by atoms with Crippen LogP contribution in [-0.4, -0.2) is 102 Å². The number of carbonyl (C=O) groups excluding carboxylic acids is 2. The van der Waals surface area contributed by atoms with Gasteiger partial charge in [-0.3, -0.25) is 14.5 Å². The summed E-state index contributed by atoms with van der Waals surface area (Å²) in [5.41, 5.74) is 0. The van der Waals surface area contributed by atoms with Crippen molar-refractivity contribution >= 4 is 17.9 Å². The number of carboxylic acids is 1. The van der Waals surface area contributed by atoms with Crippen molar-refractivity contribution in [3.05, 3.63) is 0 Å². The van der Waals surface area contributed by atoms with Crippen LogP contribution in [0, 0.1) is 0 Å². The summed E-state index contributed by atoms with van der Waals surface area (Å²) in [5.74, 6) is -0.808. The van der Waals surface area contributed by atoms with Crippen molar-refractivity contribution in [1.29, 1.82) is 0 Å². The quantitative estimate of drug-likeness (QED) is 0.644. The van der Waals surface area contributed by atoms with E-state index in [1.54, 1.807) is 12.0 Å². The zero-order valence-corrected chi connectivity index (χ0v) is 16.8. The molecule has 0 aromatic rings. The van der Waals surface area contributed by atoms with Crippen LogP contribution in [-0.2, 0) is 14.3 Å². The average Bonchev–Trinajstić information content (AvgIpc) is 3.31. The maximum absolute atomic E-state index is 12.9. The van der Waals surface area contributed by atoms with E-state index >= 15 is 0 Å². The molecule has 28 heavy (non-hydrogen) atoms. The van der Waals surface area contributed by atoms with Crippen molar-refractivity contribution in [2.75, 3.05) is 39.8 Å². The van der Waals surface area contributed by atoms with Crippen molar-refractivity contribution in [1.82, 2.24) is 20.0 Å². The van der Waals surface area contributed by atoms with Gasteiger partial charge in [-0.1, -0.05) is 6.92 Å². The molecule has 2 N–H and O–H groups in total. The van der Waals surface area contributed by atoms with Crippen LogP contribution in [0.15, 0.2) is 0 Å². The van der Waals surface area contributed by atoms with E-state index in [-0.39, 0.29) is 36.7 Å². The van der Waals surface area contributed by atoms with Gasteiger partial charge in [0.2, 0.25) is 5.91 Å². The Hall–Kier alpha value is -1.87. The van der Waals surface area contributed by atoms with Crippen LogP contribution < -0.4 is 5.32 Å². The first kappa shape index (κ1) is 20.9. The second-order valence-corrected chi connectivity index (χ2v) is 8.02. The first-order valence-electron chi connectivity index (χ1n) is 10.3. The molecule has 0 bridgehead atoms. The Kier molecular flexibility index (Phi) is 6.77. The predicted molar refractivity (Wildman–Crippen MR) is 102 cm³/mol. The van der Waals surface area contributed by atoms with Crippen LogP contribution >= 0.6 is 0 Å². The highest BCUT2D eigenvalue weighted by atomic mass is 16.5. The van der Waals surface area contributed by atoms with Crippen molar-refractivity contribution in [3.8, 4) is 0 Å². The van der Waals surface area contributed by atoms with Crippen LogP contribution in [0.4, 0.5) is 4.79 Å². The number of methoxy groups -OCH3 is 1. The van der Waals surface area contributed by atoms with Crippen molar-refractivity contribution in [2.24, 2.45) is 0 Å². The van der Waals surface area contributed by atoms with Gasteiger partial charge in [0.25, 0.3) is 0 Å².